The molecule has 2 heterocycles. The summed E-state index contributed by atoms with van der Waals surface area (Å²) >= 11 is 0. The molecule has 0 fully saturated rings. The van der Waals surface area contributed by atoms with Crippen LogP contribution in [-0.2, 0) is 0 Å². The van der Waals surface area contributed by atoms with Crippen LogP contribution in [0, 0.1) is 17.0 Å². The van der Waals surface area contributed by atoms with E-state index < -0.39 is 4.92 Å². The number of nitro groups is 1. The smallest absolute Gasteiger partial charge is 0.274 e. The Labute approximate surface area is 144 Å². The highest BCUT2D eigenvalue weighted by atomic mass is 16.6. The SMILES string of the molecule is CNc1nc(Nc2cccc([N+](=O)[O-])c2C)cc(-c2ccncc2)n1. The Bertz CT molecular complexity index is 914. The van der Waals surface area contributed by atoms with Gasteiger partial charge in [-0.1, -0.05) is 6.07 Å². The molecule has 0 amide bonds. The number of benzene rings is 1. The first-order valence-corrected chi connectivity index (χ1v) is 7.56. The summed E-state index contributed by atoms with van der Waals surface area (Å²) in [6.45, 7) is 1.70. The van der Waals surface area contributed by atoms with Gasteiger partial charge in [0, 0.05) is 42.8 Å². The molecule has 0 unspecified atom stereocenters. The van der Waals surface area contributed by atoms with Gasteiger partial charge in [0.2, 0.25) is 5.95 Å². The van der Waals surface area contributed by atoms with E-state index in [9.17, 15) is 10.1 Å². The fraction of sp³-hybridized carbons (Fsp3) is 0.118. The van der Waals surface area contributed by atoms with Gasteiger partial charge in [0.05, 0.1) is 16.2 Å². The minimum absolute atomic E-state index is 0.0576. The largest absolute Gasteiger partial charge is 0.357 e. The Hall–Kier alpha value is -3.55. The highest BCUT2D eigenvalue weighted by Crippen LogP contribution is 2.29. The van der Waals surface area contributed by atoms with Crippen LogP contribution < -0.4 is 10.6 Å². The van der Waals surface area contributed by atoms with Crippen LogP contribution >= 0.6 is 0 Å². The van der Waals surface area contributed by atoms with Crippen molar-refractivity contribution < 1.29 is 4.92 Å². The molecule has 8 heteroatoms. The Morgan fingerprint density at radius 3 is 2.56 bits per heavy atom. The summed E-state index contributed by atoms with van der Waals surface area (Å²) in [5, 5.41) is 17.2. The highest BCUT2D eigenvalue weighted by molar-refractivity contribution is 5.70. The standard InChI is InChI=1S/C17H16N6O2/c1-11-13(4-3-5-15(11)23(24)25)20-16-10-14(21-17(18-2)22-16)12-6-8-19-9-7-12/h3-10H,1-2H3,(H2,18,20,21,22). The molecule has 0 aliphatic carbocycles. The minimum Gasteiger partial charge on any atom is -0.357 e. The number of nitrogens with zero attached hydrogens (tertiary/aromatic N) is 4. The zero-order valence-corrected chi connectivity index (χ0v) is 13.7. The lowest BCUT2D eigenvalue weighted by molar-refractivity contribution is -0.385. The summed E-state index contributed by atoms with van der Waals surface area (Å²) < 4.78 is 0. The zero-order valence-electron chi connectivity index (χ0n) is 13.7. The van der Waals surface area contributed by atoms with Crippen LogP contribution in [0.25, 0.3) is 11.3 Å². The average molecular weight is 336 g/mol. The van der Waals surface area contributed by atoms with Crippen LogP contribution in [0.1, 0.15) is 5.56 Å². The molecule has 3 aromatic rings. The third-order valence-electron chi connectivity index (χ3n) is 3.69. The van der Waals surface area contributed by atoms with Gasteiger partial charge in [0.15, 0.2) is 0 Å². The summed E-state index contributed by atoms with van der Waals surface area (Å²) in [6.07, 6.45) is 3.38. The summed E-state index contributed by atoms with van der Waals surface area (Å²) in [4.78, 5) is 23.5. The lowest BCUT2D eigenvalue weighted by Gasteiger charge is -2.12. The number of pyridine rings is 1. The fourth-order valence-corrected chi connectivity index (χ4v) is 2.39. The number of anilines is 3. The van der Waals surface area contributed by atoms with E-state index in [2.05, 4.69) is 25.6 Å². The number of nitrogens with one attached hydrogen (secondary N) is 2. The molecular weight excluding hydrogens is 320 g/mol. The number of nitro benzene ring substituents is 1. The van der Waals surface area contributed by atoms with Gasteiger partial charge in [-0.3, -0.25) is 15.1 Å². The van der Waals surface area contributed by atoms with Crippen LogP contribution in [-0.4, -0.2) is 26.9 Å². The van der Waals surface area contributed by atoms with Gasteiger partial charge >= 0.3 is 0 Å². The van der Waals surface area contributed by atoms with Crippen molar-refractivity contribution in [2.45, 2.75) is 6.92 Å². The van der Waals surface area contributed by atoms with Gasteiger partial charge < -0.3 is 10.6 Å². The second-order valence-corrected chi connectivity index (χ2v) is 5.28. The summed E-state index contributed by atoms with van der Waals surface area (Å²) in [6, 6.07) is 10.4. The van der Waals surface area contributed by atoms with Crippen molar-refractivity contribution in [1.82, 2.24) is 15.0 Å². The molecule has 126 valence electrons. The summed E-state index contributed by atoms with van der Waals surface area (Å²) in [5.41, 5.74) is 2.83. The molecule has 0 spiro atoms. The monoisotopic (exact) mass is 336 g/mol. The van der Waals surface area contributed by atoms with Crippen molar-refractivity contribution in [2.75, 3.05) is 17.7 Å². The Kier molecular flexibility index (Phi) is 4.51. The lowest BCUT2D eigenvalue weighted by Crippen LogP contribution is -2.03. The molecule has 8 nitrogen and oxygen atoms in total. The molecule has 2 aromatic heterocycles. The van der Waals surface area contributed by atoms with Crippen LogP contribution in [0.2, 0.25) is 0 Å². The van der Waals surface area contributed by atoms with Crippen LogP contribution in [0.5, 0.6) is 0 Å². The molecule has 0 aliphatic rings. The van der Waals surface area contributed by atoms with Crippen molar-refractivity contribution in [3.63, 3.8) is 0 Å². The minimum atomic E-state index is -0.401. The van der Waals surface area contributed by atoms with E-state index in [-0.39, 0.29) is 5.69 Å². The van der Waals surface area contributed by atoms with E-state index in [1.165, 1.54) is 6.07 Å². The fourth-order valence-electron chi connectivity index (χ4n) is 2.39. The van der Waals surface area contributed by atoms with Crippen LogP contribution in [0.4, 0.5) is 23.1 Å². The first-order valence-electron chi connectivity index (χ1n) is 7.56. The van der Waals surface area contributed by atoms with Crippen LogP contribution in [0.15, 0.2) is 48.8 Å². The van der Waals surface area contributed by atoms with Gasteiger partial charge in [-0.2, -0.15) is 4.98 Å². The number of rotatable bonds is 5. The molecule has 0 bridgehead atoms. The zero-order chi connectivity index (χ0) is 17.8. The third-order valence-corrected chi connectivity index (χ3v) is 3.69. The summed E-state index contributed by atoms with van der Waals surface area (Å²) in [5.74, 6) is 0.981. The highest BCUT2D eigenvalue weighted by Gasteiger charge is 2.14. The maximum absolute atomic E-state index is 11.1. The lowest BCUT2D eigenvalue weighted by atomic mass is 10.1. The number of hydrogen-bond donors (Lipinski definition) is 2. The molecule has 0 aliphatic heterocycles. The van der Waals surface area contributed by atoms with E-state index >= 15 is 0 Å². The van der Waals surface area contributed by atoms with Crippen molar-refractivity contribution in [3.8, 4) is 11.3 Å². The Balaban J connectivity index is 2.01. The molecule has 25 heavy (non-hydrogen) atoms. The Morgan fingerprint density at radius 2 is 1.88 bits per heavy atom. The van der Waals surface area contributed by atoms with E-state index in [1.807, 2.05) is 12.1 Å². The predicted octanol–water partition coefficient (Wildman–Crippen LogP) is 3.54. The van der Waals surface area contributed by atoms with Gasteiger partial charge in [-0.05, 0) is 25.1 Å². The maximum Gasteiger partial charge on any atom is 0.274 e. The molecule has 1 aromatic carbocycles. The van der Waals surface area contributed by atoms with E-state index in [4.69, 9.17) is 0 Å². The van der Waals surface area contributed by atoms with E-state index in [0.717, 1.165) is 5.56 Å². The van der Waals surface area contributed by atoms with E-state index in [1.54, 1.807) is 44.6 Å². The van der Waals surface area contributed by atoms with Crippen molar-refractivity contribution in [2.24, 2.45) is 0 Å². The molecule has 0 saturated heterocycles. The molecular formula is C17H16N6O2. The third kappa shape index (κ3) is 3.52. The number of aromatic nitrogens is 3. The molecule has 0 saturated carbocycles. The second-order valence-electron chi connectivity index (χ2n) is 5.28. The number of hydrogen-bond acceptors (Lipinski definition) is 7. The van der Waals surface area contributed by atoms with E-state index in [0.29, 0.717) is 28.7 Å². The van der Waals surface area contributed by atoms with Gasteiger partial charge in [-0.25, -0.2) is 4.98 Å². The topological polar surface area (TPSA) is 106 Å². The van der Waals surface area contributed by atoms with Gasteiger partial charge in [-0.15, -0.1) is 0 Å². The summed E-state index contributed by atoms with van der Waals surface area (Å²) in [7, 11) is 1.73. The molecule has 0 radical (unpaired) electrons. The van der Waals surface area contributed by atoms with Crippen LogP contribution in [0.3, 0.4) is 0 Å². The first-order chi connectivity index (χ1) is 12.1. The van der Waals surface area contributed by atoms with Crippen molar-refractivity contribution in [3.05, 3.63) is 64.5 Å². The molecule has 3 rings (SSSR count). The second kappa shape index (κ2) is 6.91. The Morgan fingerprint density at radius 1 is 1.12 bits per heavy atom. The van der Waals surface area contributed by atoms with Crippen molar-refractivity contribution in [1.29, 1.82) is 0 Å². The first kappa shape index (κ1) is 16.3. The normalized spacial score (nSPS) is 10.3. The molecule has 2 N–H and O–H groups in total. The predicted molar refractivity (Wildman–Crippen MR) is 95.9 cm³/mol. The average Bonchev–Trinajstić information content (AvgIpc) is 2.63. The van der Waals surface area contributed by atoms with Crippen molar-refractivity contribution >= 4 is 23.1 Å². The quantitative estimate of drug-likeness (QED) is 0.542. The maximum atomic E-state index is 11.1. The molecule has 0 atom stereocenters. The van der Waals surface area contributed by atoms with Gasteiger partial charge in [0.1, 0.15) is 5.82 Å². The van der Waals surface area contributed by atoms with Gasteiger partial charge in [0.25, 0.3) is 5.69 Å².